The van der Waals surface area contributed by atoms with Crippen LogP contribution < -0.4 is 5.32 Å². The van der Waals surface area contributed by atoms with Gasteiger partial charge in [-0.2, -0.15) is 0 Å². The predicted molar refractivity (Wildman–Crippen MR) is 107 cm³/mol. The van der Waals surface area contributed by atoms with E-state index in [-0.39, 0.29) is 17.6 Å². The summed E-state index contributed by atoms with van der Waals surface area (Å²) in [5.41, 5.74) is -0.223. The Morgan fingerprint density at radius 3 is 2.81 bits per heavy atom. The van der Waals surface area contributed by atoms with Crippen molar-refractivity contribution in [3.63, 3.8) is 0 Å². The molecule has 0 radical (unpaired) electrons. The van der Waals surface area contributed by atoms with Gasteiger partial charge in [0.1, 0.15) is 5.60 Å². The lowest BCUT2D eigenvalue weighted by molar-refractivity contribution is -0.151. The summed E-state index contributed by atoms with van der Waals surface area (Å²) in [6.45, 7) is 3.62. The van der Waals surface area contributed by atoms with Crippen molar-refractivity contribution >= 4 is 28.6 Å². The van der Waals surface area contributed by atoms with Gasteiger partial charge in [0.25, 0.3) is 0 Å². The van der Waals surface area contributed by atoms with Gasteiger partial charge in [0.15, 0.2) is 0 Å². The minimum absolute atomic E-state index is 0.120. The molecule has 4 rings (SSSR count). The van der Waals surface area contributed by atoms with Crippen LogP contribution in [0, 0.1) is 0 Å². The highest BCUT2D eigenvalue weighted by Gasteiger charge is 2.45. The summed E-state index contributed by atoms with van der Waals surface area (Å²) in [5.74, 6) is 0.123. The number of morpholine rings is 1. The van der Waals surface area contributed by atoms with E-state index in [1.807, 2.05) is 28.8 Å². The molecule has 1 N–H and O–H groups in total. The molecule has 4 nitrogen and oxygen atoms in total. The Bertz CT molecular complexity index is 697. The maximum Gasteiger partial charge on any atom is 0.225 e. The zero-order chi connectivity index (χ0) is 17.8. The molecule has 140 valence electrons. The van der Waals surface area contributed by atoms with Crippen LogP contribution in [0.15, 0.2) is 35.0 Å². The molecular formula is C20H26N2O2S2. The fourth-order valence-electron chi connectivity index (χ4n) is 4.23. The molecule has 3 heterocycles. The maximum atomic E-state index is 12.6. The lowest BCUT2D eigenvalue weighted by Gasteiger charge is -2.49. The first-order chi connectivity index (χ1) is 12.7. The molecule has 2 atom stereocenters. The van der Waals surface area contributed by atoms with E-state index < -0.39 is 0 Å². The van der Waals surface area contributed by atoms with Crippen LogP contribution in [0.3, 0.4) is 0 Å². The van der Waals surface area contributed by atoms with Crippen molar-refractivity contribution in [3.05, 3.63) is 44.8 Å². The van der Waals surface area contributed by atoms with E-state index >= 15 is 0 Å². The second-order valence-corrected chi connectivity index (χ2v) is 9.39. The Kier molecular flexibility index (Phi) is 5.74. The Labute approximate surface area is 163 Å². The number of nitrogens with zero attached hydrogens (tertiary/aromatic N) is 1. The van der Waals surface area contributed by atoms with Crippen LogP contribution in [-0.2, 0) is 22.5 Å². The number of hydrogen-bond donors (Lipinski definition) is 1. The fraction of sp³-hybridized carbons (Fsp3) is 0.550. The molecule has 1 saturated carbocycles. The van der Waals surface area contributed by atoms with Crippen molar-refractivity contribution in [1.82, 2.24) is 10.2 Å². The first kappa shape index (κ1) is 18.2. The van der Waals surface area contributed by atoms with Crippen molar-refractivity contribution in [2.75, 3.05) is 19.7 Å². The molecule has 6 heteroatoms. The third kappa shape index (κ3) is 4.19. The summed E-state index contributed by atoms with van der Waals surface area (Å²) in [6, 6.07) is 8.47. The average Bonchev–Trinajstić information content (AvgIpc) is 3.31. The summed E-state index contributed by atoms with van der Waals surface area (Å²) in [6.07, 6.45) is 4.88. The molecule has 0 aromatic carbocycles. The van der Waals surface area contributed by atoms with Gasteiger partial charge in [-0.15, -0.1) is 22.7 Å². The van der Waals surface area contributed by atoms with Crippen LogP contribution in [0.2, 0.25) is 0 Å². The number of thiophene rings is 2. The zero-order valence-electron chi connectivity index (χ0n) is 15.0. The van der Waals surface area contributed by atoms with E-state index in [0.717, 1.165) is 44.0 Å². The lowest BCUT2D eigenvalue weighted by atomic mass is 9.78. The van der Waals surface area contributed by atoms with Gasteiger partial charge in [0.05, 0.1) is 19.1 Å². The lowest BCUT2D eigenvalue weighted by Crippen LogP contribution is -2.64. The van der Waals surface area contributed by atoms with Crippen molar-refractivity contribution in [2.24, 2.45) is 0 Å². The van der Waals surface area contributed by atoms with E-state index in [0.29, 0.717) is 6.42 Å². The number of amides is 1. The molecule has 2 aliphatic rings. The Balaban J connectivity index is 1.42. The Morgan fingerprint density at radius 1 is 1.23 bits per heavy atom. The number of hydrogen-bond acceptors (Lipinski definition) is 5. The third-order valence-corrected chi connectivity index (χ3v) is 7.21. The normalized spacial score (nSPS) is 26.8. The molecule has 0 bridgehead atoms. The van der Waals surface area contributed by atoms with Crippen molar-refractivity contribution in [1.29, 1.82) is 0 Å². The quantitative estimate of drug-likeness (QED) is 0.847. The van der Waals surface area contributed by atoms with Gasteiger partial charge in [-0.1, -0.05) is 25.0 Å². The molecule has 1 aliphatic carbocycles. The van der Waals surface area contributed by atoms with Crippen LogP contribution in [0.1, 0.15) is 35.4 Å². The number of rotatable bonds is 5. The summed E-state index contributed by atoms with van der Waals surface area (Å²) >= 11 is 3.46. The second kappa shape index (κ2) is 8.21. The molecule has 1 aliphatic heterocycles. The summed E-state index contributed by atoms with van der Waals surface area (Å²) in [7, 11) is 0. The van der Waals surface area contributed by atoms with Gasteiger partial charge in [-0.25, -0.2) is 0 Å². The Hall–Kier alpha value is -1.21. The van der Waals surface area contributed by atoms with E-state index in [1.54, 1.807) is 11.3 Å². The molecule has 2 fully saturated rings. The number of carbonyl (C=O) groups is 1. The Morgan fingerprint density at radius 2 is 2.04 bits per heavy atom. The number of carbonyl (C=O) groups excluding carboxylic acids is 1. The smallest absolute Gasteiger partial charge is 0.225 e. The average molecular weight is 391 g/mol. The predicted octanol–water partition coefficient (Wildman–Crippen LogP) is 3.68. The van der Waals surface area contributed by atoms with E-state index in [2.05, 4.69) is 27.7 Å². The standard InChI is InChI=1S/C20H26N2O2S2/c23-19(13-16-5-3-11-25-16)21-18-7-1-2-8-20(18)15-22(9-10-24-20)14-17-6-4-12-26-17/h3-6,11-12,18H,1-2,7-10,13-15H2,(H,21,23)/t18-,20+/m1/s1. The molecule has 1 spiro atoms. The number of ether oxygens (including phenoxy) is 1. The van der Waals surface area contributed by atoms with Gasteiger partial charge in [0, 0.05) is 29.4 Å². The van der Waals surface area contributed by atoms with Gasteiger partial charge < -0.3 is 10.1 Å². The molecule has 26 heavy (non-hydrogen) atoms. The van der Waals surface area contributed by atoms with Crippen molar-refractivity contribution in [3.8, 4) is 0 Å². The highest BCUT2D eigenvalue weighted by atomic mass is 32.1. The van der Waals surface area contributed by atoms with Crippen LogP contribution in [0.5, 0.6) is 0 Å². The zero-order valence-corrected chi connectivity index (χ0v) is 16.6. The minimum atomic E-state index is -0.223. The first-order valence-electron chi connectivity index (χ1n) is 9.44. The topological polar surface area (TPSA) is 41.6 Å². The van der Waals surface area contributed by atoms with E-state index in [1.165, 1.54) is 17.7 Å². The SMILES string of the molecule is O=C(Cc1cccs1)N[C@@H]1CCCC[C@]12CN(Cc1cccs1)CCO2. The largest absolute Gasteiger partial charge is 0.370 e. The molecular weight excluding hydrogens is 364 g/mol. The van der Waals surface area contributed by atoms with Gasteiger partial charge in [-0.3, -0.25) is 9.69 Å². The van der Waals surface area contributed by atoms with Crippen LogP contribution in [-0.4, -0.2) is 42.1 Å². The van der Waals surface area contributed by atoms with Crippen molar-refractivity contribution in [2.45, 2.75) is 50.3 Å². The van der Waals surface area contributed by atoms with Crippen LogP contribution in [0.25, 0.3) is 0 Å². The molecule has 1 amide bonds. The fourth-order valence-corrected chi connectivity index (χ4v) is 5.68. The molecule has 0 unspecified atom stereocenters. The minimum Gasteiger partial charge on any atom is -0.370 e. The van der Waals surface area contributed by atoms with E-state index in [4.69, 9.17) is 4.74 Å². The number of nitrogens with one attached hydrogen (secondary N) is 1. The van der Waals surface area contributed by atoms with Gasteiger partial charge in [0.2, 0.25) is 5.91 Å². The molecule has 2 aromatic heterocycles. The van der Waals surface area contributed by atoms with E-state index in [9.17, 15) is 4.79 Å². The summed E-state index contributed by atoms with van der Waals surface area (Å²) < 4.78 is 6.35. The van der Waals surface area contributed by atoms with Gasteiger partial charge in [-0.05, 0) is 35.7 Å². The second-order valence-electron chi connectivity index (χ2n) is 7.33. The monoisotopic (exact) mass is 390 g/mol. The molecule has 1 saturated heterocycles. The highest BCUT2D eigenvalue weighted by molar-refractivity contribution is 7.10. The summed E-state index contributed by atoms with van der Waals surface area (Å²) in [5, 5.41) is 7.48. The van der Waals surface area contributed by atoms with Crippen LogP contribution in [0.4, 0.5) is 0 Å². The van der Waals surface area contributed by atoms with Crippen LogP contribution >= 0.6 is 22.7 Å². The third-order valence-electron chi connectivity index (χ3n) is 5.48. The molecule has 2 aromatic rings. The summed E-state index contributed by atoms with van der Waals surface area (Å²) in [4.78, 5) is 17.6. The van der Waals surface area contributed by atoms with Crippen molar-refractivity contribution < 1.29 is 9.53 Å². The maximum absolute atomic E-state index is 12.6. The van der Waals surface area contributed by atoms with Gasteiger partial charge >= 0.3 is 0 Å². The highest BCUT2D eigenvalue weighted by Crippen LogP contribution is 2.35. The first-order valence-corrected chi connectivity index (χ1v) is 11.2.